The lowest BCUT2D eigenvalue weighted by Gasteiger charge is -2.31. The molecule has 0 amide bonds. The Kier molecular flexibility index (Phi) is 5.98. The molecule has 31 heavy (non-hydrogen) atoms. The van der Waals surface area contributed by atoms with E-state index in [1.807, 2.05) is 50.5 Å². The van der Waals surface area contributed by atoms with Crippen LogP contribution in [0.1, 0.15) is 17.2 Å². The third-order valence-electron chi connectivity index (χ3n) is 4.86. The second-order valence-corrected chi connectivity index (χ2v) is 8.01. The molecule has 0 aliphatic carbocycles. The van der Waals surface area contributed by atoms with Crippen molar-refractivity contribution in [2.45, 2.75) is 12.7 Å². The smallest absolute Gasteiger partial charge is 0.387 e. The number of alkyl halides is 2. The lowest BCUT2D eigenvalue weighted by atomic mass is 9.88. The first-order valence-electron chi connectivity index (χ1n) is 9.46. The van der Waals surface area contributed by atoms with Crippen molar-refractivity contribution < 1.29 is 18.3 Å². The van der Waals surface area contributed by atoms with Gasteiger partial charge in [0.1, 0.15) is 17.6 Å². The zero-order valence-electron chi connectivity index (χ0n) is 16.7. The zero-order chi connectivity index (χ0) is 22.1. The molecule has 1 heterocycles. The minimum Gasteiger partial charge on any atom is -0.480 e. The summed E-state index contributed by atoms with van der Waals surface area (Å²) in [6.45, 7) is -2.95. The molecule has 0 saturated carbocycles. The Balaban J connectivity index is 1.87. The molecular weight excluding hydrogens is 442 g/mol. The SMILES string of the molecule is CN(C)C(=S)Nc1ccc2c(c1)C(c1cccc(Cl)c1)Oc1cccc(OC(F)F)c1-2. The van der Waals surface area contributed by atoms with E-state index < -0.39 is 12.7 Å². The van der Waals surface area contributed by atoms with Crippen LogP contribution in [0.4, 0.5) is 14.5 Å². The molecule has 0 saturated heterocycles. The topological polar surface area (TPSA) is 33.7 Å². The maximum absolute atomic E-state index is 13.0. The summed E-state index contributed by atoms with van der Waals surface area (Å²) in [5, 5.41) is 4.29. The number of anilines is 1. The van der Waals surface area contributed by atoms with E-state index in [0.717, 1.165) is 22.4 Å². The maximum Gasteiger partial charge on any atom is 0.387 e. The summed E-state index contributed by atoms with van der Waals surface area (Å²) in [4.78, 5) is 1.78. The summed E-state index contributed by atoms with van der Waals surface area (Å²) in [5.41, 5.74) is 3.60. The van der Waals surface area contributed by atoms with Crippen LogP contribution in [0.2, 0.25) is 5.02 Å². The molecule has 0 radical (unpaired) electrons. The summed E-state index contributed by atoms with van der Waals surface area (Å²) in [6.07, 6.45) is -0.488. The highest BCUT2D eigenvalue weighted by Crippen LogP contribution is 2.49. The number of hydrogen-bond acceptors (Lipinski definition) is 3. The van der Waals surface area contributed by atoms with Crippen molar-refractivity contribution in [3.05, 3.63) is 76.8 Å². The predicted octanol–water partition coefficient (Wildman–Crippen LogP) is 6.35. The van der Waals surface area contributed by atoms with E-state index in [0.29, 0.717) is 21.4 Å². The fourth-order valence-corrected chi connectivity index (χ4v) is 3.81. The average Bonchev–Trinajstić information content (AvgIpc) is 2.72. The number of hydrogen-bond donors (Lipinski definition) is 1. The van der Waals surface area contributed by atoms with Crippen molar-refractivity contribution >= 4 is 34.6 Å². The highest BCUT2D eigenvalue weighted by molar-refractivity contribution is 7.80. The normalized spacial score (nSPS) is 14.3. The summed E-state index contributed by atoms with van der Waals surface area (Å²) in [7, 11) is 3.69. The fraction of sp³-hybridized carbons (Fsp3) is 0.174. The van der Waals surface area contributed by atoms with Crippen LogP contribution < -0.4 is 14.8 Å². The largest absolute Gasteiger partial charge is 0.480 e. The van der Waals surface area contributed by atoms with Gasteiger partial charge in [-0.3, -0.25) is 0 Å². The van der Waals surface area contributed by atoms with Crippen molar-refractivity contribution in [1.82, 2.24) is 4.90 Å². The van der Waals surface area contributed by atoms with E-state index in [1.54, 1.807) is 23.1 Å². The molecule has 0 spiro atoms. The molecule has 4 rings (SSSR count). The quantitative estimate of drug-likeness (QED) is 0.459. The van der Waals surface area contributed by atoms with Crippen LogP contribution in [0.25, 0.3) is 11.1 Å². The van der Waals surface area contributed by atoms with Crippen molar-refractivity contribution in [3.8, 4) is 22.6 Å². The molecule has 0 fully saturated rings. The number of rotatable bonds is 4. The van der Waals surface area contributed by atoms with Crippen LogP contribution >= 0.6 is 23.8 Å². The first kappa shape index (κ1) is 21.3. The first-order chi connectivity index (χ1) is 14.8. The van der Waals surface area contributed by atoms with Gasteiger partial charge in [-0.15, -0.1) is 0 Å². The van der Waals surface area contributed by atoms with Crippen LogP contribution in [-0.4, -0.2) is 30.7 Å². The van der Waals surface area contributed by atoms with Gasteiger partial charge in [-0.2, -0.15) is 8.78 Å². The Hall–Kier alpha value is -2.90. The number of thiocarbonyl (C=S) groups is 1. The number of nitrogens with zero attached hydrogens (tertiary/aromatic N) is 1. The number of benzene rings is 3. The maximum atomic E-state index is 13.0. The Morgan fingerprint density at radius 3 is 2.61 bits per heavy atom. The minimum absolute atomic E-state index is 0.0582. The Bertz CT molecular complexity index is 1140. The molecule has 4 nitrogen and oxygen atoms in total. The van der Waals surface area contributed by atoms with Crippen LogP contribution in [0.5, 0.6) is 11.5 Å². The molecule has 1 atom stereocenters. The fourth-order valence-electron chi connectivity index (χ4n) is 3.50. The second-order valence-electron chi connectivity index (χ2n) is 7.19. The van der Waals surface area contributed by atoms with E-state index in [4.69, 9.17) is 33.3 Å². The third kappa shape index (κ3) is 4.43. The highest BCUT2D eigenvalue weighted by Gasteiger charge is 2.31. The monoisotopic (exact) mass is 460 g/mol. The van der Waals surface area contributed by atoms with Crippen LogP contribution in [0.15, 0.2) is 60.7 Å². The van der Waals surface area contributed by atoms with E-state index in [-0.39, 0.29) is 5.75 Å². The number of nitrogens with one attached hydrogen (secondary N) is 1. The van der Waals surface area contributed by atoms with Crippen LogP contribution in [0.3, 0.4) is 0 Å². The summed E-state index contributed by atoms with van der Waals surface area (Å²) in [5.74, 6) is 0.517. The zero-order valence-corrected chi connectivity index (χ0v) is 18.3. The van der Waals surface area contributed by atoms with Crippen LogP contribution in [-0.2, 0) is 0 Å². The van der Waals surface area contributed by atoms with Gasteiger partial charge in [0.2, 0.25) is 0 Å². The number of fused-ring (bicyclic) bond motifs is 3. The van der Waals surface area contributed by atoms with Gasteiger partial charge in [-0.05, 0) is 59.7 Å². The molecule has 0 bridgehead atoms. The summed E-state index contributed by atoms with van der Waals surface area (Å²) < 4.78 is 37.1. The third-order valence-corrected chi connectivity index (χ3v) is 5.56. The van der Waals surface area contributed by atoms with Crippen LogP contribution in [0, 0.1) is 0 Å². The predicted molar refractivity (Wildman–Crippen MR) is 122 cm³/mol. The second kappa shape index (κ2) is 8.69. The van der Waals surface area contributed by atoms with Crippen molar-refractivity contribution in [3.63, 3.8) is 0 Å². The lowest BCUT2D eigenvalue weighted by molar-refractivity contribution is -0.0496. The van der Waals surface area contributed by atoms with Crippen molar-refractivity contribution in [2.24, 2.45) is 0 Å². The summed E-state index contributed by atoms with van der Waals surface area (Å²) in [6, 6.07) is 17.8. The van der Waals surface area contributed by atoms with Gasteiger partial charge < -0.3 is 19.7 Å². The molecule has 3 aromatic rings. The van der Waals surface area contributed by atoms with Gasteiger partial charge in [0.05, 0.1) is 5.56 Å². The number of ether oxygens (including phenoxy) is 2. The molecular formula is C23H19ClF2N2O2S. The van der Waals surface area contributed by atoms with E-state index in [1.165, 1.54) is 6.07 Å². The molecule has 3 aromatic carbocycles. The Morgan fingerprint density at radius 2 is 1.90 bits per heavy atom. The average molecular weight is 461 g/mol. The standard InChI is InChI=1S/C23H19ClF2N2O2S/c1-28(2)23(31)27-15-9-10-16-17(12-15)21(13-5-3-6-14(24)11-13)29-18-7-4-8-19(20(16)18)30-22(25)26/h3-12,21-22H,1-2H3,(H,27,31). The molecule has 1 N–H and O–H groups in total. The van der Waals surface area contributed by atoms with Gasteiger partial charge in [0.15, 0.2) is 5.11 Å². The Labute approximate surface area is 189 Å². The minimum atomic E-state index is -2.95. The van der Waals surface area contributed by atoms with E-state index >= 15 is 0 Å². The number of halogens is 3. The van der Waals surface area contributed by atoms with Gasteiger partial charge in [0, 0.05) is 30.4 Å². The van der Waals surface area contributed by atoms with Gasteiger partial charge in [-0.1, -0.05) is 35.9 Å². The van der Waals surface area contributed by atoms with Crippen molar-refractivity contribution in [1.29, 1.82) is 0 Å². The van der Waals surface area contributed by atoms with E-state index in [9.17, 15) is 8.78 Å². The molecule has 8 heteroatoms. The van der Waals surface area contributed by atoms with Gasteiger partial charge in [0.25, 0.3) is 0 Å². The molecule has 0 aromatic heterocycles. The molecule has 160 valence electrons. The lowest BCUT2D eigenvalue weighted by Crippen LogP contribution is -2.27. The molecule has 1 unspecified atom stereocenters. The van der Waals surface area contributed by atoms with Crippen molar-refractivity contribution in [2.75, 3.05) is 19.4 Å². The summed E-state index contributed by atoms with van der Waals surface area (Å²) >= 11 is 11.6. The molecule has 1 aliphatic rings. The highest BCUT2D eigenvalue weighted by atomic mass is 35.5. The van der Waals surface area contributed by atoms with E-state index in [2.05, 4.69) is 5.32 Å². The first-order valence-corrected chi connectivity index (χ1v) is 10.2. The Morgan fingerprint density at radius 1 is 1.13 bits per heavy atom. The van der Waals surface area contributed by atoms with Gasteiger partial charge >= 0.3 is 6.61 Å². The molecule has 1 aliphatic heterocycles. The van der Waals surface area contributed by atoms with Gasteiger partial charge in [-0.25, -0.2) is 0 Å².